The summed E-state index contributed by atoms with van der Waals surface area (Å²) in [5, 5.41) is 6.32. The van der Waals surface area contributed by atoms with Gasteiger partial charge in [0, 0.05) is 12.6 Å². The Morgan fingerprint density at radius 2 is 2.24 bits per heavy atom. The summed E-state index contributed by atoms with van der Waals surface area (Å²) >= 11 is 5.79. The number of urea groups is 1. The lowest BCUT2D eigenvalue weighted by molar-refractivity contribution is 0.200. The average Bonchev–Trinajstić information content (AvgIpc) is 2.27. The number of carbonyl (C=O) groups is 1. The molecular weight excluding hydrogens is 242 g/mol. The van der Waals surface area contributed by atoms with Crippen molar-refractivity contribution in [3.8, 4) is 0 Å². The number of rotatable bonds is 2. The Hall–Kier alpha value is -1.56. The van der Waals surface area contributed by atoms with Gasteiger partial charge in [0.05, 0.1) is 6.20 Å². The van der Waals surface area contributed by atoms with Crippen LogP contribution in [0.2, 0.25) is 5.28 Å². The minimum absolute atomic E-state index is 0.103. The molecule has 1 aromatic heterocycles. The van der Waals surface area contributed by atoms with Crippen LogP contribution >= 0.6 is 11.6 Å². The van der Waals surface area contributed by atoms with Crippen LogP contribution in [-0.4, -0.2) is 33.6 Å². The maximum atomic E-state index is 11.9. The third-order valence-electron chi connectivity index (χ3n) is 2.48. The van der Waals surface area contributed by atoms with Gasteiger partial charge in [0.2, 0.25) is 5.28 Å². The first-order valence-electron chi connectivity index (χ1n) is 5.44. The van der Waals surface area contributed by atoms with E-state index < -0.39 is 0 Å². The minimum atomic E-state index is -0.181. The molecular formula is C10H14ClN5O. The van der Waals surface area contributed by atoms with Gasteiger partial charge in [-0.25, -0.2) is 14.8 Å². The Bertz CT molecular complexity index is 450. The molecule has 1 aliphatic rings. The van der Waals surface area contributed by atoms with Crippen LogP contribution in [0.15, 0.2) is 6.20 Å². The van der Waals surface area contributed by atoms with Gasteiger partial charge in [0.1, 0.15) is 5.69 Å². The van der Waals surface area contributed by atoms with Gasteiger partial charge < -0.3 is 5.32 Å². The highest BCUT2D eigenvalue weighted by molar-refractivity contribution is 6.28. The smallest absolute Gasteiger partial charge is 0.302 e. The van der Waals surface area contributed by atoms with Crippen molar-refractivity contribution in [2.24, 2.45) is 0 Å². The molecule has 7 heteroatoms. The van der Waals surface area contributed by atoms with E-state index in [0.29, 0.717) is 18.1 Å². The maximum absolute atomic E-state index is 11.9. The first-order valence-corrected chi connectivity index (χ1v) is 5.82. The molecule has 0 saturated carbocycles. The number of hydrogen-bond acceptors (Lipinski definition) is 4. The number of hydrazine groups is 1. The van der Waals surface area contributed by atoms with Gasteiger partial charge in [-0.2, -0.15) is 4.98 Å². The maximum Gasteiger partial charge on any atom is 0.340 e. The minimum Gasteiger partial charge on any atom is -0.302 e. The van der Waals surface area contributed by atoms with E-state index in [1.54, 1.807) is 5.01 Å². The lowest BCUT2D eigenvalue weighted by atomic mass is 10.3. The molecule has 92 valence electrons. The molecule has 0 saturated heterocycles. The molecule has 2 rings (SSSR count). The van der Waals surface area contributed by atoms with E-state index in [0.717, 1.165) is 0 Å². The number of fused-ring (bicyclic) bond motifs is 1. The van der Waals surface area contributed by atoms with Gasteiger partial charge >= 0.3 is 6.03 Å². The predicted molar refractivity (Wildman–Crippen MR) is 66.1 cm³/mol. The third-order valence-corrected chi connectivity index (χ3v) is 2.66. The van der Waals surface area contributed by atoms with Crippen molar-refractivity contribution in [2.75, 3.05) is 16.9 Å². The number of carbonyl (C=O) groups excluding carboxylic acids is 1. The Morgan fingerprint density at radius 1 is 1.53 bits per heavy atom. The van der Waals surface area contributed by atoms with Crippen LogP contribution in [-0.2, 0) is 0 Å². The van der Waals surface area contributed by atoms with Crippen molar-refractivity contribution >= 4 is 29.1 Å². The van der Waals surface area contributed by atoms with Crippen LogP contribution < -0.4 is 10.3 Å². The molecule has 0 unspecified atom stereocenters. The van der Waals surface area contributed by atoms with Crippen molar-refractivity contribution < 1.29 is 4.79 Å². The Kier molecular flexibility index (Phi) is 3.06. The molecule has 0 spiro atoms. The monoisotopic (exact) mass is 255 g/mol. The summed E-state index contributed by atoms with van der Waals surface area (Å²) in [6.45, 7) is 6.44. The lowest BCUT2D eigenvalue weighted by Crippen LogP contribution is -2.55. The number of nitrogens with zero attached hydrogens (tertiary/aromatic N) is 4. The fraction of sp³-hybridized carbons (Fsp3) is 0.500. The zero-order valence-corrected chi connectivity index (χ0v) is 10.7. The van der Waals surface area contributed by atoms with E-state index in [1.165, 1.54) is 6.20 Å². The number of amides is 2. The van der Waals surface area contributed by atoms with Crippen LogP contribution in [0.3, 0.4) is 0 Å². The molecule has 17 heavy (non-hydrogen) atoms. The van der Waals surface area contributed by atoms with Gasteiger partial charge in [-0.1, -0.05) is 0 Å². The van der Waals surface area contributed by atoms with Crippen molar-refractivity contribution in [2.45, 2.75) is 26.8 Å². The number of hydrogen-bond donors (Lipinski definition) is 1. The quantitative estimate of drug-likeness (QED) is 0.823. The van der Waals surface area contributed by atoms with Crippen molar-refractivity contribution in [3.63, 3.8) is 0 Å². The Labute approximate surface area is 105 Å². The molecule has 6 nitrogen and oxygen atoms in total. The second-order valence-electron chi connectivity index (χ2n) is 3.96. The fourth-order valence-corrected chi connectivity index (χ4v) is 1.95. The van der Waals surface area contributed by atoms with E-state index in [4.69, 9.17) is 11.6 Å². The fourth-order valence-electron chi connectivity index (χ4n) is 1.83. The number of anilines is 2. The lowest BCUT2D eigenvalue weighted by Gasteiger charge is -2.41. The van der Waals surface area contributed by atoms with Crippen molar-refractivity contribution in [3.05, 3.63) is 11.5 Å². The largest absolute Gasteiger partial charge is 0.340 e. The van der Waals surface area contributed by atoms with E-state index in [-0.39, 0.29) is 17.4 Å². The summed E-state index contributed by atoms with van der Waals surface area (Å²) in [5.41, 5.74) is 0.581. The summed E-state index contributed by atoms with van der Waals surface area (Å²) < 4.78 is 0. The van der Waals surface area contributed by atoms with Crippen molar-refractivity contribution in [1.82, 2.24) is 15.0 Å². The summed E-state index contributed by atoms with van der Waals surface area (Å²) in [6.07, 6.45) is 1.52. The van der Waals surface area contributed by atoms with Gasteiger partial charge in [-0.05, 0) is 32.4 Å². The number of halogens is 1. The topological polar surface area (TPSA) is 61.4 Å². The van der Waals surface area contributed by atoms with Crippen molar-refractivity contribution in [1.29, 1.82) is 0 Å². The van der Waals surface area contributed by atoms with Crippen LogP contribution in [0, 0.1) is 0 Å². The van der Waals surface area contributed by atoms with E-state index in [9.17, 15) is 4.79 Å². The molecule has 1 aliphatic heterocycles. The number of aromatic nitrogens is 2. The first-order chi connectivity index (χ1) is 8.04. The molecule has 0 bridgehead atoms. The predicted octanol–water partition coefficient (Wildman–Crippen LogP) is 2.13. The van der Waals surface area contributed by atoms with Crippen LogP contribution in [0.5, 0.6) is 0 Å². The van der Waals surface area contributed by atoms with Crippen LogP contribution in [0.4, 0.5) is 16.3 Å². The Balaban J connectivity index is 2.52. The highest BCUT2D eigenvalue weighted by atomic mass is 35.5. The van der Waals surface area contributed by atoms with Crippen LogP contribution in [0.1, 0.15) is 20.8 Å². The zero-order chi connectivity index (χ0) is 12.6. The van der Waals surface area contributed by atoms with Gasteiger partial charge in [-0.3, -0.25) is 5.01 Å². The van der Waals surface area contributed by atoms with E-state index in [2.05, 4.69) is 15.3 Å². The third kappa shape index (κ3) is 2.00. The summed E-state index contributed by atoms with van der Waals surface area (Å²) in [5.74, 6) is 0.626. The summed E-state index contributed by atoms with van der Waals surface area (Å²) in [7, 11) is 0. The normalized spacial score (nSPS) is 15.0. The molecule has 1 aromatic rings. The van der Waals surface area contributed by atoms with Crippen LogP contribution in [0.25, 0.3) is 0 Å². The summed E-state index contributed by atoms with van der Waals surface area (Å²) in [4.78, 5) is 19.9. The van der Waals surface area contributed by atoms with Gasteiger partial charge in [0.25, 0.3) is 0 Å². The summed E-state index contributed by atoms with van der Waals surface area (Å²) in [6, 6.07) is -0.0784. The molecule has 0 atom stereocenters. The van der Waals surface area contributed by atoms with E-state index >= 15 is 0 Å². The highest BCUT2D eigenvalue weighted by Gasteiger charge is 2.32. The average molecular weight is 256 g/mol. The Morgan fingerprint density at radius 3 is 2.82 bits per heavy atom. The molecule has 0 fully saturated rings. The standard InChI is InChI=1S/C10H14ClN5O/c1-4-15-10(17)13-7-5-12-9(11)14-8(7)16(15)6(2)3/h5-6H,4H2,1-3H3,(H,13,17). The molecule has 0 aromatic carbocycles. The SMILES string of the molecule is CCN1C(=O)Nc2cnc(Cl)nc2N1C(C)C. The van der Waals surface area contributed by atoms with Gasteiger partial charge in [-0.15, -0.1) is 0 Å². The molecule has 0 aliphatic carbocycles. The number of nitrogens with one attached hydrogen (secondary N) is 1. The zero-order valence-electron chi connectivity index (χ0n) is 9.94. The second-order valence-corrected chi connectivity index (χ2v) is 4.30. The van der Waals surface area contributed by atoms with E-state index in [1.807, 2.05) is 25.8 Å². The van der Waals surface area contributed by atoms with Gasteiger partial charge in [0.15, 0.2) is 5.82 Å². The molecule has 2 heterocycles. The molecule has 0 radical (unpaired) electrons. The highest BCUT2D eigenvalue weighted by Crippen LogP contribution is 2.31. The first kappa shape index (κ1) is 11.9. The molecule has 1 N–H and O–H groups in total. The second kappa shape index (κ2) is 4.37. The molecule has 2 amide bonds.